The van der Waals surface area contributed by atoms with Gasteiger partial charge in [-0.2, -0.15) is 0 Å². The van der Waals surface area contributed by atoms with Crippen molar-refractivity contribution in [3.05, 3.63) is 23.8 Å². The van der Waals surface area contributed by atoms with Gasteiger partial charge in [-0.25, -0.2) is 0 Å². The number of hydrogen-bond donors (Lipinski definition) is 1. The van der Waals surface area contributed by atoms with E-state index in [1.807, 2.05) is 19.2 Å². The summed E-state index contributed by atoms with van der Waals surface area (Å²) in [6, 6.07) is 6.40. The van der Waals surface area contributed by atoms with Crippen molar-refractivity contribution in [2.24, 2.45) is 5.92 Å². The Bertz CT molecular complexity index is 386. The van der Waals surface area contributed by atoms with Gasteiger partial charge in [0, 0.05) is 11.6 Å². The molecular weight excluding hydrogens is 226 g/mol. The van der Waals surface area contributed by atoms with Crippen molar-refractivity contribution < 1.29 is 9.47 Å². The van der Waals surface area contributed by atoms with Crippen LogP contribution in [0, 0.1) is 5.92 Å². The maximum atomic E-state index is 5.49. The summed E-state index contributed by atoms with van der Waals surface area (Å²) in [5.74, 6) is 2.54. The average molecular weight is 249 g/mol. The molecule has 0 amide bonds. The first-order chi connectivity index (χ1) is 8.80. The molecule has 0 saturated heterocycles. The summed E-state index contributed by atoms with van der Waals surface area (Å²) in [7, 11) is 5.46. The van der Waals surface area contributed by atoms with E-state index in [2.05, 4.69) is 11.4 Å². The first-order valence-corrected chi connectivity index (χ1v) is 6.69. The van der Waals surface area contributed by atoms with Crippen molar-refractivity contribution in [1.29, 1.82) is 0 Å². The van der Waals surface area contributed by atoms with Gasteiger partial charge in [0.05, 0.1) is 14.2 Å². The number of ether oxygens (including phenoxy) is 2. The van der Waals surface area contributed by atoms with Crippen LogP contribution in [0.5, 0.6) is 11.5 Å². The molecule has 3 heteroatoms. The third-order valence-corrected chi connectivity index (χ3v) is 3.95. The topological polar surface area (TPSA) is 30.5 Å². The third-order valence-electron chi connectivity index (χ3n) is 3.95. The molecule has 1 aromatic rings. The molecule has 1 unspecified atom stereocenters. The van der Waals surface area contributed by atoms with Gasteiger partial charge < -0.3 is 14.8 Å². The highest BCUT2D eigenvalue weighted by molar-refractivity contribution is 5.42. The number of methoxy groups -OCH3 is 2. The summed E-state index contributed by atoms with van der Waals surface area (Å²) >= 11 is 0. The molecule has 0 aliphatic heterocycles. The van der Waals surface area contributed by atoms with Crippen molar-refractivity contribution in [1.82, 2.24) is 5.32 Å². The second-order valence-corrected chi connectivity index (χ2v) is 4.92. The van der Waals surface area contributed by atoms with Crippen LogP contribution in [-0.2, 0) is 0 Å². The van der Waals surface area contributed by atoms with Gasteiger partial charge in [-0.1, -0.05) is 12.8 Å². The fraction of sp³-hybridized carbons (Fsp3) is 0.600. The number of benzene rings is 1. The molecule has 1 atom stereocenters. The third kappa shape index (κ3) is 2.61. The summed E-state index contributed by atoms with van der Waals surface area (Å²) in [6.45, 7) is 0. The summed E-state index contributed by atoms with van der Waals surface area (Å²) in [5, 5.41) is 3.45. The Morgan fingerprint density at radius 2 is 1.89 bits per heavy atom. The van der Waals surface area contributed by atoms with E-state index >= 15 is 0 Å². The van der Waals surface area contributed by atoms with Crippen LogP contribution in [0.1, 0.15) is 37.3 Å². The fourth-order valence-electron chi connectivity index (χ4n) is 3.02. The first kappa shape index (κ1) is 13.2. The maximum Gasteiger partial charge on any atom is 0.123 e. The van der Waals surface area contributed by atoms with Crippen molar-refractivity contribution in [3.63, 3.8) is 0 Å². The minimum Gasteiger partial charge on any atom is -0.497 e. The van der Waals surface area contributed by atoms with E-state index in [1.54, 1.807) is 14.2 Å². The largest absolute Gasteiger partial charge is 0.497 e. The van der Waals surface area contributed by atoms with Gasteiger partial charge in [-0.05, 0) is 44.0 Å². The van der Waals surface area contributed by atoms with Gasteiger partial charge in [0.15, 0.2) is 0 Å². The highest BCUT2D eigenvalue weighted by Gasteiger charge is 2.27. The SMILES string of the molecule is CNC(c1cc(OC)ccc1OC)C1CCCC1. The molecule has 1 aromatic carbocycles. The van der Waals surface area contributed by atoms with Crippen LogP contribution in [0.15, 0.2) is 18.2 Å². The minimum atomic E-state index is 0.359. The second kappa shape index (κ2) is 6.10. The van der Waals surface area contributed by atoms with Gasteiger partial charge in [-0.15, -0.1) is 0 Å². The van der Waals surface area contributed by atoms with Crippen LogP contribution in [0.4, 0.5) is 0 Å². The molecule has 18 heavy (non-hydrogen) atoms. The lowest BCUT2D eigenvalue weighted by molar-refractivity contribution is 0.355. The Kier molecular flexibility index (Phi) is 4.48. The first-order valence-electron chi connectivity index (χ1n) is 6.69. The Morgan fingerprint density at radius 3 is 2.44 bits per heavy atom. The lowest BCUT2D eigenvalue weighted by Gasteiger charge is -2.25. The summed E-state index contributed by atoms with van der Waals surface area (Å²) in [4.78, 5) is 0. The van der Waals surface area contributed by atoms with Crippen LogP contribution >= 0.6 is 0 Å². The van der Waals surface area contributed by atoms with Gasteiger partial charge in [0.1, 0.15) is 11.5 Å². The standard InChI is InChI=1S/C15H23NO2/c1-16-15(11-6-4-5-7-11)13-10-12(17-2)8-9-14(13)18-3/h8-11,15-16H,4-7H2,1-3H3. The molecule has 0 aromatic heterocycles. The lowest BCUT2D eigenvalue weighted by Crippen LogP contribution is -2.24. The lowest BCUT2D eigenvalue weighted by atomic mass is 9.91. The molecule has 1 fully saturated rings. The zero-order valence-electron chi connectivity index (χ0n) is 11.5. The van der Waals surface area contributed by atoms with Crippen LogP contribution in [0.25, 0.3) is 0 Å². The smallest absolute Gasteiger partial charge is 0.123 e. The fourth-order valence-corrected chi connectivity index (χ4v) is 3.02. The predicted octanol–water partition coefficient (Wildman–Crippen LogP) is 3.15. The normalized spacial score (nSPS) is 17.7. The monoisotopic (exact) mass is 249 g/mol. The van der Waals surface area contributed by atoms with E-state index in [-0.39, 0.29) is 0 Å². The Hall–Kier alpha value is -1.22. The predicted molar refractivity (Wildman–Crippen MR) is 73.3 cm³/mol. The van der Waals surface area contributed by atoms with Gasteiger partial charge in [0.2, 0.25) is 0 Å². The van der Waals surface area contributed by atoms with E-state index in [4.69, 9.17) is 9.47 Å². The van der Waals surface area contributed by atoms with E-state index < -0.39 is 0 Å². The summed E-state index contributed by atoms with van der Waals surface area (Å²) < 4.78 is 10.8. The van der Waals surface area contributed by atoms with Crippen LogP contribution in [0.3, 0.4) is 0 Å². The van der Waals surface area contributed by atoms with Crippen LogP contribution in [0.2, 0.25) is 0 Å². The van der Waals surface area contributed by atoms with Crippen molar-refractivity contribution in [3.8, 4) is 11.5 Å². The molecule has 0 bridgehead atoms. The highest BCUT2D eigenvalue weighted by atomic mass is 16.5. The molecular formula is C15H23NO2. The van der Waals surface area contributed by atoms with E-state index in [1.165, 1.54) is 31.2 Å². The molecule has 0 radical (unpaired) electrons. The van der Waals surface area contributed by atoms with Crippen LogP contribution < -0.4 is 14.8 Å². The van der Waals surface area contributed by atoms with E-state index in [0.29, 0.717) is 12.0 Å². The molecule has 1 saturated carbocycles. The second-order valence-electron chi connectivity index (χ2n) is 4.92. The minimum absolute atomic E-state index is 0.359. The maximum absolute atomic E-state index is 5.49. The van der Waals surface area contributed by atoms with E-state index in [9.17, 15) is 0 Å². The summed E-state index contributed by atoms with van der Waals surface area (Å²) in [6.07, 6.45) is 5.28. The van der Waals surface area contributed by atoms with Crippen molar-refractivity contribution in [2.45, 2.75) is 31.7 Å². The summed E-state index contributed by atoms with van der Waals surface area (Å²) in [5.41, 5.74) is 1.21. The number of hydrogen-bond acceptors (Lipinski definition) is 3. The molecule has 0 spiro atoms. The Labute approximate surface area is 109 Å². The van der Waals surface area contributed by atoms with Gasteiger partial charge in [-0.3, -0.25) is 0 Å². The molecule has 100 valence electrons. The number of rotatable bonds is 5. The molecule has 0 heterocycles. The van der Waals surface area contributed by atoms with Crippen molar-refractivity contribution in [2.75, 3.05) is 21.3 Å². The molecule has 2 rings (SSSR count). The van der Waals surface area contributed by atoms with Gasteiger partial charge in [0.25, 0.3) is 0 Å². The number of nitrogens with one attached hydrogen (secondary N) is 1. The Morgan fingerprint density at radius 1 is 1.17 bits per heavy atom. The molecule has 3 nitrogen and oxygen atoms in total. The quantitative estimate of drug-likeness (QED) is 0.869. The average Bonchev–Trinajstić information content (AvgIpc) is 2.93. The highest BCUT2D eigenvalue weighted by Crippen LogP contribution is 2.39. The zero-order chi connectivity index (χ0) is 13.0. The van der Waals surface area contributed by atoms with E-state index in [0.717, 1.165) is 11.5 Å². The Balaban J connectivity index is 2.32. The van der Waals surface area contributed by atoms with Crippen molar-refractivity contribution >= 4 is 0 Å². The van der Waals surface area contributed by atoms with Crippen LogP contribution in [-0.4, -0.2) is 21.3 Å². The molecule has 1 aliphatic carbocycles. The molecule has 1 N–H and O–H groups in total. The van der Waals surface area contributed by atoms with Gasteiger partial charge >= 0.3 is 0 Å². The zero-order valence-corrected chi connectivity index (χ0v) is 11.5. The molecule has 1 aliphatic rings.